The SMILES string of the molecule is NC(=O)[C@@H](NC(=O)[C@@H](Cc1ccccc1)NC(=O)OCc1ccccc1)C1CCCCC1. The van der Waals surface area contributed by atoms with E-state index in [1.165, 1.54) is 0 Å². The van der Waals surface area contributed by atoms with Crippen molar-refractivity contribution in [3.8, 4) is 0 Å². The number of benzene rings is 2. The van der Waals surface area contributed by atoms with Crippen molar-refractivity contribution in [3.63, 3.8) is 0 Å². The molecule has 0 heterocycles. The second kappa shape index (κ2) is 11.9. The van der Waals surface area contributed by atoms with Gasteiger partial charge >= 0.3 is 6.09 Å². The number of hydrogen-bond donors (Lipinski definition) is 3. The first-order valence-electron chi connectivity index (χ1n) is 11.1. The summed E-state index contributed by atoms with van der Waals surface area (Å²) in [5.74, 6) is -0.970. The molecular weight excluding hydrogens is 406 g/mol. The second-order valence-corrected chi connectivity index (χ2v) is 8.24. The van der Waals surface area contributed by atoms with E-state index < -0.39 is 30.0 Å². The van der Waals surface area contributed by atoms with E-state index in [9.17, 15) is 14.4 Å². The Morgan fingerprint density at radius 1 is 0.875 bits per heavy atom. The van der Waals surface area contributed by atoms with Gasteiger partial charge in [-0.05, 0) is 29.9 Å². The fourth-order valence-electron chi connectivity index (χ4n) is 4.11. The standard InChI is InChI=1S/C25H31N3O4/c26-23(29)22(20-14-8-3-9-15-20)28-24(30)21(16-18-10-4-1-5-11-18)27-25(31)32-17-19-12-6-2-7-13-19/h1-2,4-7,10-13,20-22H,3,8-9,14-17H2,(H2,26,29)(H,27,31)(H,28,30)/t21-,22+/m1/s1. The fraction of sp³-hybridized carbons (Fsp3) is 0.400. The first kappa shape index (κ1) is 23.3. The molecule has 7 heteroatoms. The van der Waals surface area contributed by atoms with Crippen molar-refractivity contribution in [1.82, 2.24) is 10.6 Å². The molecule has 3 rings (SSSR count). The molecule has 1 aliphatic carbocycles. The first-order chi connectivity index (χ1) is 15.5. The van der Waals surface area contributed by atoms with Gasteiger partial charge in [0.1, 0.15) is 18.7 Å². The minimum atomic E-state index is -0.897. The maximum absolute atomic E-state index is 13.1. The number of nitrogens with two attached hydrogens (primary N) is 1. The van der Waals surface area contributed by atoms with Gasteiger partial charge in [0.2, 0.25) is 11.8 Å². The molecule has 0 radical (unpaired) electrons. The van der Waals surface area contributed by atoms with E-state index in [0.29, 0.717) is 0 Å². The molecule has 0 saturated heterocycles. The summed E-state index contributed by atoms with van der Waals surface area (Å²) in [5.41, 5.74) is 7.34. The molecule has 7 nitrogen and oxygen atoms in total. The van der Waals surface area contributed by atoms with E-state index in [2.05, 4.69) is 10.6 Å². The van der Waals surface area contributed by atoms with Crippen LogP contribution in [0.15, 0.2) is 60.7 Å². The molecule has 1 fully saturated rings. The third-order valence-corrected chi connectivity index (χ3v) is 5.83. The van der Waals surface area contributed by atoms with Gasteiger partial charge in [-0.2, -0.15) is 0 Å². The van der Waals surface area contributed by atoms with Crippen LogP contribution in [0.4, 0.5) is 4.79 Å². The Balaban J connectivity index is 1.67. The topological polar surface area (TPSA) is 111 Å². The van der Waals surface area contributed by atoms with Gasteiger partial charge in [0, 0.05) is 6.42 Å². The molecule has 4 N–H and O–H groups in total. The summed E-state index contributed by atoms with van der Waals surface area (Å²) in [7, 11) is 0. The molecule has 170 valence electrons. The zero-order valence-electron chi connectivity index (χ0n) is 18.2. The van der Waals surface area contributed by atoms with Crippen molar-refractivity contribution in [2.75, 3.05) is 0 Å². The number of primary amides is 1. The molecule has 32 heavy (non-hydrogen) atoms. The highest BCUT2D eigenvalue weighted by Crippen LogP contribution is 2.26. The van der Waals surface area contributed by atoms with Gasteiger partial charge in [-0.3, -0.25) is 9.59 Å². The molecule has 0 bridgehead atoms. The Bertz CT molecular complexity index is 883. The lowest BCUT2D eigenvalue weighted by molar-refractivity contribution is -0.130. The monoisotopic (exact) mass is 437 g/mol. The molecule has 0 aromatic heterocycles. The normalized spacial score (nSPS) is 15.9. The average molecular weight is 438 g/mol. The molecule has 2 aromatic carbocycles. The summed E-state index contributed by atoms with van der Waals surface area (Å²) in [6.07, 6.45) is 4.43. The first-order valence-corrected chi connectivity index (χ1v) is 11.1. The van der Waals surface area contributed by atoms with E-state index in [1.807, 2.05) is 60.7 Å². The molecule has 0 spiro atoms. The number of ether oxygens (including phenoxy) is 1. The maximum atomic E-state index is 13.1. The van der Waals surface area contributed by atoms with Crippen LogP contribution < -0.4 is 16.4 Å². The summed E-state index contributed by atoms with van der Waals surface area (Å²) in [6, 6.07) is 17.0. The molecule has 1 aliphatic rings. The van der Waals surface area contributed by atoms with Crippen LogP contribution >= 0.6 is 0 Å². The lowest BCUT2D eigenvalue weighted by atomic mass is 9.83. The molecule has 0 unspecified atom stereocenters. The third-order valence-electron chi connectivity index (χ3n) is 5.83. The minimum absolute atomic E-state index is 0.0209. The highest BCUT2D eigenvalue weighted by Gasteiger charge is 2.32. The van der Waals surface area contributed by atoms with Crippen LogP contribution in [0.2, 0.25) is 0 Å². The van der Waals surface area contributed by atoms with Crippen molar-refractivity contribution in [2.24, 2.45) is 11.7 Å². The van der Waals surface area contributed by atoms with Crippen molar-refractivity contribution in [2.45, 2.75) is 57.2 Å². The van der Waals surface area contributed by atoms with Crippen molar-refractivity contribution < 1.29 is 19.1 Å². The Labute approximate surface area is 188 Å². The van der Waals surface area contributed by atoms with E-state index in [1.54, 1.807) is 0 Å². The molecule has 1 saturated carbocycles. The third kappa shape index (κ3) is 7.11. The van der Waals surface area contributed by atoms with Crippen LogP contribution in [0.1, 0.15) is 43.2 Å². The number of hydrogen-bond acceptors (Lipinski definition) is 4. The summed E-state index contributed by atoms with van der Waals surface area (Å²) in [4.78, 5) is 37.7. The van der Waals surface area contributed by atoms with E-state index >= 15 is 0 Å². The molecular formula is C25H31N3O4. The number of alkyl carbamates (subject to hydrolysis) is 1. The molecule has 2 aromatic rings. The zero-order chi connectivity index (χ0) is 22.8. The van der Waals surface area contributed by atoms with E-state index in [0.717, 1.165) is 43.2 Å². The predicted molar refractivity (Wildman–Crippen MR) is 121 cm³/mol. The Morgan fingerprint density at radius 2 is 1.47 bits per heavy atom. The number of carbonyl (C=O) groups is 3. The largest absolute Gasteiger partial charge is 0.445 e. The predicted octanol–water partition coefficient (Wildman–Crippen LogP) is 3.07. The molecule has 2 atom stereocenters. The maximum Gasteiger partial charge on any atom is 0.408 e. The second-order valence-electron chi connectivity index (χ2n) is 8.24. The number of rotatable bonds is 9. The number of carbonyl (C=O) groups excluding carboxylic acids is 3. The minimum Gasteiger partial charge on any atom is -0.445 e. The lowest BCUT2D eigenvalue weighted by Gasteiger charge is -2.30. The van der Waals surface area contributed by atoms with Gasteiger partial charge in [-0.1, -0.05) is 79.9 Å². The van der Waals surface area contributed by atoms with Crippen LogP contribution in [0, 0.1) is 5.92 Å². The lowest BCUT2D eigenvalue weighted by Crippen LogP contribution is -2.56. The summed E-state index contributed by atoms with van der Waals surface area (Å²) < 4.78 is 5.29. The van der Waals surface area contributed by atoms with Crippen LogP contribution in [0.25, 0.3) is 0 Å². The van der Waals surface area contributed by atoms with Crippen molar-refractivity contribution in [1.29, 1.82) is 0 Å². The van der Waals surface area contributed by atoms with Crippen LogP contribution in [0.3, 0.4) is 0 Å². The van der Waals surface area contributed by atoms with Gasteiger partial charge in [0.05, 0.1) is 0 Å². The highest BCUT2D eigenvalue weighted by atomic mass is 16.5. The quantitative estimate of drug-likeness (QED) is 0.560. The van der Waals surface area contributed by atoms with Crippen LogP contribution in [0.5, 0.6) is 0 Å². The Hall–Kier alpha value is -3.35. The van der Waals surface area contributed by atoms with Gasteiger partial charge < -0.3 is 21.1 Å². The Kier molecular flexibility index (Phi) is 8.66. The highest BCUT2D eigenvalue weighted by molar-refractivity contribution is 5.91. The van der Waals surface area contributed by atoms with Crippen LogP contribution in [-0.2, 0) is 27.4 Å². The summed E-state index contributed by atoms with van der Waals surface area (Å²) in [6.45, 7) is 0.0956. The van der Waals surface area contributed by atoms with E-state index in [4.69, 9.17) is 10.5 Å². The van der Waals surface area contributed by atoms with Gasteiger partial charge in [0.15, 0.2) is 0 Å². The van der Waals surface area contributed by atoms with Crippen molar-refractivity contribution in [3.05, 3.63) is 71.8 Å². The summed E-state index contributed by atoms with van der Waals surface area (Å²) in [5, 5.41) is 5.46. The molecule has 0 aliphatic heterocycles. The van der Waals surface area contributed by atoms with E-state index in [-0.39, 0.29) is 18.9 Å². The smallest absolute Gasteiger partial charge is 0.408 e. The fourth-order valence-corrected chi connectivity index (χ4v) is 4.11. The van der Waals surface area contributed by atoms with Gasteiger partial charge in [-0.25, -0.2) is 4.79 Å². The zero-order valence-corrected chi connectivity index (χ0v) is 18.2. The number of amides is 3. The number of nitrogens with one attached hydrogen (secondary N) is 2. The average Bonchev–Trinajstić information content (AvgIpc) is 2.82. The van der Waals surface area contributed by atoms with Crippen molar-refractivity contribution >= 4 is 17.9 Å². The Morgan fingerprint density at radius 3 is 2.06 bits per heavy atom. The van der Waals surface area contributed by atoms with Gasteiger partial charge in [-0.15, -0.1) is 0 Å². The van der Waals surface area contributed by atoms with Crippen LogP contribution in [-0.4, -0.2) is 30.0 Å². The van der Waals surface area contributed by atoms with Gasteiger partial charge in [0.25, 0.3) is 0 Å². The summed E-state index contributed by atoms with van der Waals surface area (Å²) >= 11 is 0. The molecule has 3 amide bonds.